The predicted molar refractivity (Wildman–Crippen MR) is 159 cm³/mol. The highest BCUT2D eigenvalue weighted by atomic mass is 19.1. The number of rotatable bonds is 6. The summed E-state index contributed by atoms with van der Waals surface area (Å²) in [4.78, 5) is 32.1. The number of carbonyl (C=O) groups is 2. The topological polar surface area (TPSA) is 94.6 Å². The van der Waals surface area contributed by atoms with Gasteiger partial charge in [-0.25, -0.2) is 9.18 Å². The molecule has 0 unspecified atom stereocenters. The number of hydrogen-bond donors (Lipinski definition) is 2. The van der Waals surface area contributed by atoms with Gasteiger partial charge in [0.1, 0.15) is 11.6 Å². The zero-order chi connectivity index (χ0) is 30.1. The van der Waals surface area contributed by atoms with Crippen molar-refractivity contribution in [3.8, 4) is 5.75 Å². The molecule has 0 bridgehead atoms. The van der Waals surface area contributed by atoms with E-state index in [4.69, 9.17) is 9.47 Å². The van der Waals surface area contributed by atoms with E-state index >= 15 is 0 Å². The maximum Gasteiger partial charge on any atom is 0.321 e. The Morgan fingerprint density at radius 3 is 2.51 bits per heavy atom. The van der Waals surface area contributed by atoms with E-state index in [1.54, 1.807) is 11.9 Å². The fraction of sp³-hybridized carbons (Fsp3) is 0.548. The molecule has 0 radical (unpaired) electrons. The molecule has 0 saturated heterocycles. The van der Waals surface area contributed by atoms with Crippen molar-refractivity contribution in [2.75, 3.05) is 57.7 Å². The third-order valence-corrected chi connectivity index (χ3v) is 7.45. The summed E-state index contributed by atoms with van der Waals surface area (Å²) >= 11 is 0. The predicted octanol–water partition coefficient (Wildman–Crippen LogP) is 4.85. The zero-order valence-electron chi connectivity index (χ0n) is 25.1. The van der Waals surface area contributed by atoms with Crippen molar-refractivity contribution >= 4 is 23.3 Å². The number of urea groups is 1. The summed E-state index contributed by atoms with van der Waals surface area (Å²) in [6.45, 7) is 6.68. The van der Waals surface area contributed by atoms with E-state index in [0.29, 0.717) is 30.2 Å². The lowest BCUT2D eigenvalue weighted by Gasteiger charge is -2.36. The minimum absolute atomic E-state index is 0.102. The van der Waals surface area contributed by atoms with Gasteiger partial charge in [0.05, 0.1) is 30.4 Å². The summed E-state index contributed by atoms with van der Waals surface area (Å²) in [6, 6.07) is 10.4. The average Bonchev–Trinajstić information content (AvgIpc) is 2.94. The second-order valence-corrected chi connectivity index (χ2v) is 11.2. The first-order valence-electron chi connectivity index (χ1n) is 14.3. The Hall–Kier alpha value is -3.37. The largest absolute Gasteiger partial charge is 0.490 e. The third-order valence-electron chi connectivity index (χ3n) is 7.45. The Bertz CT molecular complexity index is 1150. The highest BCUT2D eigenvalue weighted by Gasteiger charge is 2.31. The second-order valence-electron chi connectivity index (χ2n) is 11.2. The molecule has 9 nitrogen and oxygen atoms in total. The van der Waals surface area contributed by atoms with Crippen LogP contribution in [0.5, 0.6) is 5.75 Å². The molecule has 2 aromatic rings. The number of aliphatic hydroxyl groups is 1. The van der Waals surface area contributed by atoms with Crippen LogP contribution in [0.4, 0.5) is 20.6 Å². The minimum atomic E-state index is -0.453. The van der Waals surface area contributed by atoms with Crippen molar-refractivity contribution in [1.29, 1.82) is 0 Å². The van der Waals surface area contributed by atoms with E-state index in [-0.39, 0.29) is 49.0 Å². The van der Waals surface area contributed by atoms with E-state index in [9.17, 15) is 19.1 Å². The smallest absolute Gasteiger partial charge is 0.321 e. The Morgan fingerprint density at radius 2 is 1.85 bits per heavy atom. The van der Waals surface area contributed by atoms with E-state index < -0.39 is 6.04 Å². The number of ether oxygens (including phenoxy) is 2. The van der Waals surface area contributed by atoms with Gasteiger partial charge in [-0.2, -0.15) is 0 Å². The van der Waals surface area contributed by atoms with E-state index in [0.717, 1.165) is 24.9 Å². The number of carbonyl (C=O) groups excluding carboxylic acids is 2. The Labute approximate surface area is 243 Å². The van der Waals surface area contributed by atoms with Crippen molar-refractivity contribution < 1.29 is 28.6 Å². The molecule has 0 aliphatic carbocycles. The van der Waals surface area contributed by atoms with Gasteiger partial charge < -0.3 is 34.6 Å². The first kappa shape index (κ1) is 32.1. The van der Waals surface area contributed by atoms with Crippen LogP contribution in [-0.4, -0.2) is 92.5 Å². The molecule has 226 valence electrons. The molecule has 3 amide bonds. The maximum atomic E-state index is 14.1. The molecular formula is C31H45FN4O5. The summed E-state index contributed by atoms with van der Waals surface area (Å²) in [5.74, 6) is -0.256. The Kier molecular flexibility index (Phi) is 11.8. The monoisotopic (exact) mass is 572 g/mol. The van der Waals surface area contributed by atoms with Gasteiger partial charge in [-0.15, -0.1) is 0 Å². The van der Waals surface area contributed by atoms with Gasteiger partial charge in [0, 0.05) is 58.1 Å². The molecule has 1 aliphatic heterocycles. The number of nitrogens with zero attached hydrogens (tertiary/aromatic N) is 3. The summed E-state index contributed by atoms with van der Waals surface area (Å²) < 4.78 is 25.8. The average molecular weight is 573 g/mol. The van der Waals surface area contributed by atoms with Gasteiger partial charge >= 0.3 is 6.03 Å². The fourth-order valence-electron chi connectivity index (χ4n) is 4.76. The second kappa shape index (κ2) is 15.0. The highest BCUT2D eigenvalue weighted by molar-refractivity contribution is 5.98. The van der Waals surface area contributed by atoms with Crippen LogP contribution in [0, 0.1) is 11.7 Å². The van der Waals surface area contributed by atoms with Crippen LogP contribution in [-0.2, 0) is 4.74 Å². The van der Waals surface area contributed by atoms with Crippen LogP contribution in [0.2, 0.25) is 0 Å². The zero-order valence-corrected chi connectivity index (χ0v) is 25.1. The van der Waals surface area contributed by atoms with Crippen LogP contribution >= 0.6 is 0 Å². The molecule has 10 heteroatoms. The summed E-state index contributed by atoms with van der Waals surface area (Å²) in [5, 5.41) is 12.9. The standard InChI is InChI=1S/C31H45FN4O5/c1-21-18-36(22(2)20-37)30(38)27-17-26(34(4)5)14-15-28(27)41-23(3)9-7-8-16-40-29(21)19-35(6)31(39)33-25-12-10-24(32)11-13-25/h10-15,17,21-23,29,37H,7-9,16,18-20H2,1-6H3,(H,33,39)/t21-,22-,23-,29-/m1/s1. The van der Waals surface area contributed by atoms with Crippen LogP contribution in [0.15, 0.2) is 42.5 Å². The van der Waals surface area contributed by atoms with Gasteiger partial charge in [-0.1, -0.05) is 6.92 Å². The molecule has 3 rings (SSSR count). The number of amides is 3. The molecule has 0 saturated carbocycles. The lowest BCUT2D eigenvalue weighted by Crippen LogP contribution is -2.48. The molecule has 41 heavy (non-hydrogen) atoms. The highest BCUT2D eigenvalue weighted by Crippen LogP contribution is 2.29. The molecule has 4 atom stereocenters. The van der Waals surface area contributed by atoms with Crippen molar-refractivity contribution in [2.24, 2.45) is 5.92 Å². The SMILES string of the molecule is C[C@@H]1CCCCO[C@H](CN(C)C(=O)Nc2ccc(F)cc2)[C@H](C)CN([C@H](C)CO)C(=O)c2cc(N(C)C)ccc2O1. The number of benzene rings is 2. The number of fused-ring (bicyclic) bond motifs is 1. The van der Waals surface area contributed by atoms with Gasteiger partial charge in [-0.05, 0) is 75.6 Å². The number of aliphatic hydroxyl groups excluding tert-OH is 1. The van der Waals surface area contributed by atoms with Crippen LogP contribution in [0.25, 0.3) is 0 Å². The molecule has 1 aliphatic rings. The first-order chi connectivity index (χ1) is 19.5. The lowest BCUT2D eigenvalue weighted by atomic mass is 10.0. The minimum Gasteiger partial charge on any atom is -0.490 e. The van der Waals surface area contributed by atoms with Crippen LogP contribution in [0.3, 0.4) is 0 Å². The molecular weight excluding hydrogens is 527 g/mol. The molecule has 2 aromatic carbocycles. The molecule has 0 spiro atoms. The number of nitrogens with one attached hydrogen (secondary N) is 1. The quantitative estimate of drug-likeness (QED) is 0.514. The Morgan fingerprint density at radius 1 is 1.15 bits per heavy atom. The van der Waals surface area contributed by atoms with Gasteiger partial charge in [0.25, 0.3) is 5.91 Å². The van der Waals surface area contributed by atoms with Gasteiger partial charge in [0.15, 0.2) is 0 Å². The molecule has 1 heterocycles. The number of likely N-dealkylation sites (N-methyl/N-ethyl adjacent to an activating group) is 1. The maximum absolute atomic E-state index is 14.1. The van der Waals surface area contributed by atoms with E-state index in [1.165, 1.54) is 29.2 Å². The number of hydrogen-bond acceptors (Lipinski definition) is 6. The van der Waals surface area contributed by atoms with E-state index in [1.807, 2.05) is 58.0 Å². The normalized spacial score (nSPS) is 21.2. The van der Waals surface area contributed by atoms with Crippen LogP contribution < -0.4 is 15.0 Å². The Balaban J connectivity index is 1.87. The number of halogens is 1. The van der Waals surface area contributed by atoms with Crippen molar-refractivity contribution in [3.05, 3.63) is 53.8 Å². The van der Waals surface area contributed by atoms with Crippen LogP contribution in [0.1, 0.15) is 50.4 Å². The van der Waals surface area contributed by atoms with Gasteiger partial charge in [0.2, 0.25) is 0 Å². The molecule has 0 fully saturated rings. The first-order valence-corrected chi connectivity index (χ1v) is 14.3. The number of anilines is 2. The summed E-state index contributed by atoms with van der Waals surface area (Å²) in [6.07, 6.45) is 2.03. The van der Waals surface area contributed by atoms with Crippen molar-refractivity contribution in [1.82, 2.24) is 9.80 Å². The van der Waals surface area contributed by atoms with Gasteiger partial charge in [-0.3, -0.25) is 4.79 Å². The van der Waals surface area contributed by atoms with Crippen molar-refractivity contribution in [2.45, 2.75) is 58.3 Å². The lowest BCUT2D eigenvalue weighted by molar-refractivity contribution is -0.0115. The summed E-state index contributed by atoms with van der Waals surface area (Å²) in [5.41, 5.74) is 1.80. The van der Waals surface area contributed by atoms with Crippen molar-refractivity contribution in [3.63, 3.8) is 0 Å². The summed E-state index contributed by atoms with van der Waals surface area (Å²) in [7, 11) is 5.51. The van der Waals surface area contributed by atoms with E-state index in [2.05, 4.69) is 5.32 Å². The fourth-order valence-corrected chi connectivity index (χ4v) is 4.76. The molecule has 0 aromatic heterocycles. The molecule has 2 N–H and O–H groups in total. The third kappa shape index (κ3) is 9.06.